The number of carboxylic acid groups (broad SMARTS) is 1. The Hall–Kier alpha value is -0.280. The van der Waals surface area contributed by atoms with Gasteiger partial charge in [-0.15, -0.1) is 12.4 Å². The van der Waals surface area contributed by atoms with Crippen LogP contribution in [0.25, 0.3) is 0 Å². The van der Waals surface area contributed by atoms with Crippen LogP contribution < -0.4 is 5.73 Å². The molecule has 0 aliphatic carbocycles. The van der Waals surface area contributed by atoms with Crippen LogP contribution in [0.15, 0.2) is 0 Å². The van der Waals surface area contributed by atoms with Crippen molar-refractivity contribution in [2.24, 2.45) is 5.73 Å². The highest BCUT2D eigenvalue weighted by Crippen LogP contribution is 2.00. The molecule has 68 valence electrons. The zero-order valence-electron chi connectivity index (χ0n) is 6.75. The van der Waals surface area contributed by atoms with Crippen molar-refractivity contribution < 1.29 is 9.90 Å². The summed E-state index contributed by atoms with van der Waals surface area (Å²) >= 11 is 0. The lowest BCUT2D eigenvalue weighted by atomic mass is 10.1. The quantitative estimate of drug-likeness (QED) is 0.674. The summed E-state index contributed by atoms with van der Waals surface area (Å²) in [5.74, 6) is -0.802. The molecule has 0 fully saturated rings. The van der Waals surface area contributed by atoms with Gasteiger partial charge in [0.1, 0.15) is 0 Å². The third-order valence-corrected chi connectivity index (χ3v) is 1.37. The number of aliphatic carboxylic acids is 1. The van der Waals surface area contributed by atoms with Gasteiger partial charge in [0.2, 0.25) is 0 Å². The van der Waals surface area contributed by atoms with Crippen LogP contribution in [0.1, 0.15) is 32.6 Å². The van der Waals surface area contributed by atoms with Crippen molar-refractivity contribution in [1.29, 1.82) is 0 Å². The summed E-state index contributed by atoms with van der Waals surface area (Å²) in [6.45, 7) is 2.06. The second-order valence-electron chi connectivity index (χ2n) is 2.50. The van der Waals surface area contributed by atoms with Crippen LogP contribution in [0.2, 0.25) is 0 Å². The summed E-state index contributed by atoms with van der Waals surface area (Å²) in [5.41, 5.74) is 5.48. The maximum absolute atomic E-state index is 10.1. The van der Waals surface area contributed by atoms with Gasteiger partial charge in [-0.25, -0.2) is 0 Å². The van der Waals surface area contributed by atoms with E-state index in [1.807, 2.05) is 0 Å². The van der Waals surface area contributed by atoms with Crippen LogP contribution in [0.4, 0.5) is 0 Å². The molecule has 0 aromatic rings. The van der Waals surface area contributed by atoms with Crippen molar-refractivity contribution in [3.05, 3.63) is 0 Å². The highest BCUT2D eigenvalue weighted by Gasteiger charge is 2.05. The van der Waals surface area contributed by atoms with Crippen molar-refractivity contribution >= 4 is 18.4 Å². The molecule has 3 nitrogen and oxygen atoms in total. The molecule has 0 aromatic carbocycles. The number of rotatable bonds is 5. The van der Waals surface area contributed by atoms with Crippen LogP contribution in [0.5, 0.6) is 0 Å². The molecule has 0 heterocycles. The molecule has 0 aromatic heterocycles. The normalized spacial score (nSPS) is 11.8. The summed E-state index contributed by atoms with van der Waals surface area (Å²) in [6, 6.07) is -0.155. The van der Waals surface area contributed by atoms with E-state index in [1.165, 1.54) is 0 Å². The third-order valence-electron chi connectivity index (χ3n) is 1.37. The van der Waals surface area contributed by atoms with E-state index >= 15 is 0 Å². The van der Waals surface area contributed by atoms with Gasteiger partial charge in [-0.1, -0.05) is 19.8 Å². The Bertz CT molecular complexity index is 109. The molecule has 0 rings (SSSR count). The second kappa shape index (κ2) is 7.82. The topological polar surface area (TPSA) is 63.3 Å². The first kappa shape index (κ1) is 13.3. The van der Waals surface area contributed by atoms with Gasteiger partial charge in [-0.3, -0.25) is 4.79 Å². The largest absolute Gasteiger partial charge is 0.481 e. The average Bonchev–Trinajstić information content (AvgIpc) is 1.82. The SMILES string of the molecule is CCCC[C@H](N)CC(=O)O.Cl. The maximum Gasteiger partial charge on any atom is 0.304 e. The van der Waals surface area contributed by atoms with Gasteiger partial charge in [-0.2, -0.15) is 0 Å². The third kappa shape index (κ3) is 9.72. The fourth-order valence-electron chi connectivity index (χ4n) is 0.793. The highest BCUT2D eigenvalue weighted by atomic mass is 35.5. The first-order valence-corrected chi connectivity index (χ1v) is 3.64. The van der Waals surface area contributed by atoms with Crippen LogP contribution in [-0.2, 0) is 4.79 Å². The van der Waals surface area contributed by atoms with E-state index in [0.717, 1.165) is 19.3 Å². The van der Waals surface area contributed by atoms with E-state index in [1.54, 1.807) is 0 Å². The van der Waals surface area contributed by atoms with Gasteiger partial charge in [0.25, 0.3) is 0 Å². The molecule has 0 aliphatic rings. The predicted octanol–water partition coefficient (Wildman–Crippen LogP) is 1.40. The molecule has 1 atom stereocenters. The number of unbranched alkanes of at least 4 members (excludes halogenated alkanes) is 1. The molecule has 0 spiro atoms. The Labute approximate surface area is 73.4 Å². The molecule has 0 unspecified atom stereocenters. The summed E-state index contributed by atoms with van der Waals surface area (Å²) in [7, 11) is 0. The second-order valence-corrected chi connectivity index (χ2v) is 2.50. The zero-order chi connectivity index (χ0) is 7.98. The van der Waals surface area contributed by atoms with Gasteiger partial charge in [0.05, 0.1) is 6.42 Å². The molecule has 3 N–H and O–H groups in total. The molecule has 11 heavy (non-hydrogen) atoms. The van der Waals surface area contributed by atoms with Crippen molar-refractivity contribution in [3.8, 4) is 0 Å². The van der Waals surface area contributed by atoms with E-state index in [2.05, 4.69) is 6.92 Å². The first-order valence-electron chi connectivity index (χ1n) is 3.64. The molecule has 0 saturated carbocycles. The summed E-state index contributed by atoms with van der Waals surface area (Å²) in [5, 5.41) is 8.30. The molecule has 0 aliphatic heterocycles. The fourth-order valence-corrected chi connectivity index (χ4v) is 0.793. The van der Waals surface area contributed by atoms with Gasteiger partial charge in [0.15, 0.2) is 0 Å². The smallest absolute Gasteiger partial charge is 0.304 e. The van der Waals surface area contributed by atoms with E-state index < -0.39 is 5.97 Å². The van der Waals surface area contributed by atoms with Gasteiger partial charge in [0, 0.05) is 6.04 Å². The van der Waals surface area contributed by atoms with E-state index in [-0.39, 0.29) is 24.9 Å². The molecule has 0 amide bonds. The first-order chi connectivity index (χ1) is 4.66. The van der Waals surface area contributed by atoms with Crippen LogP contribution in [-0.4, -0.2) is 17.1 Å². The lowest BCUT2D eigenvalue weighted by molar-refractivity contribution is -0.137. The number of carboxylic acids is 1. The monoisotopic (exact) mass is 181 g/mol. The zero-order valence-corrected chi connectivity index (χ0v) is 7.56. The molecular formula is C7H16ClNO2. The minimum atomic E-state index is -0.802. The molecular weight excluding hydrogens is 166 g/mol. The Kier molecular flexibility index (Phi) is 9.47. The lowest BCUT2D eigenvalue weighted by Gasteiger charge is -2.05. The number of hydrogen-bond acceptors (Lipinski definition) is 2. The molecule has 0 saturated heterocycles. The predicted molar refractivity (Wildman–Crippen MR) is 47.0 cm³/mol. The summed E-state index contributed by atoms with van der Waals surface area (Å²) in [4.78, 5) is 10.1. The number of nitrogens with two attached hydrogens (primary N) is 1. The van der Waals surface area contributed by atoms with E-state index in [4.69, 9.17) is 10.8 Å². The minimum absolute atomic E-state index is 0. The Morgan fingerprint density at radius 1 is 1.64 bits per heavy atom. The van der Waals surface area contributed by atoms with Gasteiger partial charge < -0.3 is 10.8 Å². The summed E-state index contributed by atoms with van der Waals surface area (Å²) in [6.07, 6.45) is 3.02. The Morgan fingerprint density at radius 3 is 2.55 bits per heavy atom. The minimum Gasteiger partial charge on any atom is -0.481 e. The van der Waals surface area contributed by atoms with Crippen LogP contribution >= 0.6 is 12.4 Å². The highest BCUT2D eigenvalue weighted by molar-refractivity contribution is 5.85. The fraction of sp³-hybridized carbons (Fsp3) is 0.857. The standard InChI is InChI=1S/C7H15NO2.ClH/c1-2-3-4-6(8)5-7(9)10;/h6H,2-5,8H2,1H3,(H,9,10);1H/t6-;/m0./s1. The molecule has 0 bridgehead atoms. The molecule has 4 heteroatoms. The van der Waals surface area contributed by atoms with Crippen molar-refractivity contribution in [2.75, 3.05) is 0 Å². The van der Waals surface area contributed by atoms with Crippen LogP contribution in [0, 0.1) is 0 Å². The van der Waals surface area contributed by atoms with E-state index in [0.29, 0.717) is 0 Å². The number of carbonyl (C=O) groups is 1. The average molecular weight is 182 g/mol. The van der Waals surface area contributed by atoms with Gasteiger partial charge in [-0.05, 0) is 6.42 Å². The molecule has 0 radical (unpaired) electrons. The van der Waals surface area contributed by atoms with Crippen molar-refractivity contribution in [3.63, 3.8) is 0 Å². The Balaban J connectivity index is 0. The maximum atomic E-state index is 10.1. The van der Waals surface area contributed by atoms with E-state index in [9.17, 15) is 4.79 Å². The van der Waals surface area contributed by atoms with Gasteiger partial charge >= 0.3 is 5.97 Å². The van der Waals surface area contributed by atoms with Crippen molar-refractivity contribution in [2.45, 2.75) is 38.6 Å². The lowest BCUT2D eigenvalue weighted by Crippen LogP contribution is -2.23. The van der Waals surface area contributed by atoms with Crippen LogP contribution in [0.3, 0.4) is 0 Å². The van der Waals surface area contributed by atoms with Crippen molar-refractivity contribution in [1.82, 2.24) is 0 Å². The summed E-state index contributed by atoms with van der Waals surface area (Å²) < 4.78 is 0. The Morgan fingerprint density at radius 2 is 2.18 bits per heavy atom. The number of halogens is 1. The number of hydrogen-bond donors (Lipinski definition) is 2.